The molecule has 0 aromatic heterocycles. The van der Waals surface area contributed by atoms with Gasteiger partial charge >= 0.3 is 50.9 Å². The Morgan fingerprint density at radius 1 is 0.700 bits per heavy atom. The molecule has 4 nitrogen and oxygen atoms in total. The third kappa shape index (κ3) is 7.91. The second kappa shape index (κ2) is 7.52. The fourth-order valence-corrected chi connectivity index (χ4v) is 8.13. The van der Waals surface area contributed by atoms with E-state index in [9.17, 15) is 26.3 Å². The van der Waals surface area contributed by atoms with Crippen LogP contribution in [0.2, 0.25) is 12.1 Å². The highest BCUT2D eigenvalue weighted by Crippen LogP contribution is 2.33. The molecule has 0 atom stereocenters. The molecule has 114 valence electrons. The first-order valence-electron chi connectivity index (χ1n) is 5.18. The van der Waals surface area contributed by atoms with E-state index in [0.29, 0.717) is 0 Å². The van der Waals surface area contributed by atoms with E-state index in [1.54, 1.807) is 0 Å². The molecule has 14 heteroatoms. The van der Waals surface area contributed by atoms with Crippen LogP contribution in [-0.4, -0.2) is 50.9 Å². The van der Waals surface area contributed by atoms with E-state index in [1.807, 2.05) is 0 Å². The Balaban J connectivity index is 2.68. The summed E-state index contributed by atoms with van der Waals surface area (Å²) < 4.78 is 93.5. The van der Waals surface area contributed by atoms with Gasteiger partial charge in [0.25, 0.3) is 0 Å². The SMILES string of the molecule is FC(F)(F)CC[Si]1(CCC(F)(F)F)O[Si]O[Si]O[Si]O1. The molecule has 0 unspecified atom stereocenters. The molecule has 1 fully saturated rings. The Bertz CT molecular complexity index is 272. The zero-order valence-electron chi connectivity index (χ0n) is 9.73. The molecule has 0 aromatic rings. The van der Waals surface area contributed by atoms with Crippen molar-refractivity contribution >= 4 is 38.6 Å². The number of hydrogen-bond donors (Lipinski definition) is 0. The van der Waals surface area contributed by atoms with Gasteiger partial charge in [-0.15, -0.1) is 0 Å². The summed E-state index contributed by atoms with van der Waals surface area (Å²) in [5.41, 5.74) is 0. The third-order valence-electron chi connectivity index (χ3n) is 2.20. The summed E-state index contributed by atoms with van der Waals surface area (Å²) in [5, 5.41) is 0. The first-order valence-corrected chi connectivity index (χ1v) is 9.86. The Morgan fingerprint density at radius 2 is 1.10 bits per heavy atom. The summed E-state index contributed by atoms with van der Waals surface area (Å²) in [7, 11) is -5.40. The summed E-state index contributed by atoms with van der Waals surface area (Å²) in [5.74, 6) is 0. The van der Waals surface area contributed by atoms with E-state index in [-0.39, 0.29) is 0 Å². The summed E-state index contributed by atoms with van der Waals surface area (Å²) in [6, 6.07) is -1.22. The highest BCUT2D eigenvalue weighted by atomic mass is 28.5. The average Bonchev–Trinajstić information content (AvgIpc) is 2.25. The summed E-state index contributed by atoms with van der Waals surface area (Å²) in [6.45, 7) is 0. The Labute approximate surface area is 119 Å². The van der Waals surface area contributed by atoms with Crippen LogP contribution in [0.1, 0.15) is 12.8 Å². The topological polar surface area (TPSA) is 36.9 Å². The van der Waals surface area contributed by atoms with Gasteiger partial charge in [-0.05, 0) is 12.1 Å². The Hall–Kier alpha value is 0.288. The van der Waals surface area contributed by atoms with Crippen molar-refractivity contribution in [1.29, 1.82) is 0 Å². The van der Waals surface area contributed by atoms with Crippen LogP contribution in [0.3, 0.4) is 0 Å². The van der Waals surface area contributed by atoms with Crippen molar-refractivity contribution in [3.05, 3.63) is 0 Å². The van der Waals surface area contributed by atoms with Gasteiger partial charge in [-0.25, -0.2) is 0 Å². The molecule has 0 bridgehead atoms. The number of hydrogen-bond acceptors (Lipinski definition) is 4. The molecule has 20 heavy (non-hydrogen) atoms. The van der Waals surface area contributed by atoms with Crippen LogP contribution in [0.4, 0.5) is 26.3 Å². The van der Waals surface area contributed by atoms with E-state index in [1.165, 1.54) is 0 Å². The first-order chi connectivity index (χ1) is 9.12. The van der Waals surface area contributed by atoms with Crippen LogP contribution < -0.4 is 0 Å². The summed E-state index contributed by atoms with van der Waals surface area (Å²) in [6.07, 6.45) is -11.5. The molecule has 6 radical (unpaired) electrons. The van der Waals surface area contributed by atoms with Gasteiger partial charge in [0.2, 0.25) is 0 Å². The molecule has 0 spiro atoms. The number of halogens is 6. The fourth-order valence-electron chi connectivity index (χ4n) is 1.26. The maximum absolute atomic E-state index is 12.3. The van der Waals surface area contributed by atoms with Crippen LogP contribution in [0.25, 0.3) is 0 Å². The maximum atomic E-state index is 12.3. The molecule has 1 aliphatic heterocycles. The van der Waals surface area contributed by atoms with Crippen molar-refractivity contribution in [1.82, 2.24) is 0 Å². The van der Waals surface area contributed by atoms with E-state index in [0.717, 1.165) is 0 Å². The quantitative estimate of drug-likeness (QED) is 0.560. The second-order valence-corrected chi connectivity index (χ2v) is 10.4. The monoisotopic (exact) mass is 370 g/mol. The fraction of sp³-hybridized carbons (Fsp3) is 1.00. The van der Waals surface area contributed by atoms with Gasteiger partial charge in [-0.2, -0.15) is 26.3 Å². The van der Waals surface area contributed by atoms with Gasteiger partial charge in [-0.1, -0.05) is 0 Å². The zero-order valence-corrected chi connectivity index (χ0v) is 13.7. The van der Waals surface area contributed by atoms with E-state index < -0.39 is 75.9 Å². The van der Waals surface area contributed by atoms with Gasteiger partial charge in [0.1, 0.15) is 0 Å². The average molecular weight is 370 g/mol. The van der Waals surface area contributed by atoms with Gasteiger partial charge < -0.3 is 16.5 Å². The lowest BCUT2D eigenvalue weighted by Gasteiger charge is -2.32. The molecule has 0 N–H and O–H groups in total. The summed E-state index contributed by atoms with van der Waals surface area (Å²) >= 11 is 0. The van der Waals surface area contributed by atoms with E-state index in [2.05, 4.69) is 0 Å². The van der Waals surface area contributed by atoms with Crippen molar-refractivity contribution in [2.45, 2.75) is 37.3 Å². The van der Waals surface area contributed by atoms with Crippen molar-refractivity contribution in [2.24, 2.45) is 0 Å². The van der Waals surface area contributed by atoms with Crippen LogP contribution in [0.5, 0.6) is 0 Å². The Morgan fingerprint density at radius 3 is 1.45 bits per heavy atom. The van der Waals surface area contributed by atoms with Crippen molar-refractivity contribution in [3.8, 4) is 0 Å². The van der Waals surface area contributed by atoms with Crippen LogP contribution >= 0.6 is 0 Å². The van der Waals surface area contributed by atoms with Crippen LogP contribution in [0.15, 0.2) is 0 Å². The minimum absolute atomic E-state index is 0.399. The molecular weight excluding hydrogens is 362 g/mol. The normalized spacial score (nSPS) is 21.3. The molecule has 0 aliphatic carbocycles. The first kappa shape index (κ1) is 18.3. The Kier molecular flexibility index (Phi) is 6.89. The van der Waals surface area contributed by atoms with Crippen LogP contribution in [0, 0.1) is 0 Å². The minimum atomic E-state index is -4.48. The predicted molar refractivity (Wildman–Crippen MR) is 58.3 cm³/mol. The van der Waals surface area contributed by atoms with Crippen LogP contribution in [-0.2, 0) is 16.5 Å². The molecular formula is C6H8F6O4Si4. The highest BCUT2D eigenvalue weighted by molar-refractivity contribution is 6.75. The lowest BCUT2D eigenvalue weighted by Crippen LogP contribution is -2.48. The molecule has 1 saturated heterocycles. The maximum Gasteiger partial charge on any atom is 0.413 e. The smallest absolute Gasteiger partial charge is 0.413 e. The second-order valence-electron chi connectivity index (χ2n) is 3.80. The minimum Gasteiger partial charge on any atom is -0.414 e. The largest absolute Gasteiger partial charge is 0.414 e. The third-order valence-corrected chi connectivity index (χ3v) is 9.20. The summed E-state index contributed by atoms with van der Waals surface area (Å²) in [4.78, 5) is 0. The standard InChI is InChI=1S/C6H8F6O4Si4/c7-5(8,9)1-3-20(4-2-6(10,11)12)15-18-13-17-14-19-16-20/h1-4H2. The zero-order chi connectivity index (χ0) is 15.3. The van der Waals surface area contributed by atoms with Gasteiger partial charge in [0.15, 0.2) is 0 Å². The molecule has 0 saturated carbocycles. The van der Waals surface area contributed by atoms with E-state index >= 15 is 0 Å². The predicted octanol–water partition coefficient (Wildman–Crippen LogP) is 2.02. The lowest BCUT2D eigenvalue weighted by molar-refractivity contribution is -0.133. The van der Waals surface area contributed by atoms with Gasteiger partial charge in [0, 0.05) is 12.8 Å². The van der Waals surface area contributed by atoms with Gasteiger partial charge in [-0.3, -0.25) is 0 Å². The van der Waals surface area contributed by atoms with Crippen molar-refractivity contribution in [2.75, 3.05) is 0 Å². The molecule has 1 heterocycles. The van der Waals surface area contributed by atoms with Crippen molar-refractivity contribution < 1.29 is 42.8 Å². The van der Waals surface area contributed by atoms with E-state index in [4.69, 9.17) is 16.5 Å². The lowest BCUT2D eigenvalue weighted by atomic mass is 10.5. The molecule has 1 aliphatic rings. The van der Waals surface area contributed by atoms with Gasteiger partial charge in [0.05, 0.1) is 0 Å². The number of rotatable bonds is 4. The molecule has 1 rings (SSSR count). The number of alkyl halides is 6. The van der Waals surface area contributed by atoms with Crippen molar-refractivity contribution in [3.63, 3.8) is 0 Å². The molecule has 0 amide bonds. The molecule has 0 aromatic carbocycles. The highest BCUT2D eigenvalue weighted by Gasteiger charge is 2.45.